The molecule has 0 amide bonds. The van der Waals surface area contributed by atoms with E-state index in [1.807, 2.05) is 0 Å². The van der Waals surface area contributed by atoms with Crippen LogP contribution in [0.4, 0.5) is 0 Å². The summed E-state index contributed by atoms with van der Waals surface area (Å²) < 4.78 is 0. The summed E-state index contributed by atoms with van der Waals surface area (Å²) in [7, 11) is 0. The van der Waals surface area contributed by atoms with Gasteiger partial charge in [0.2, 0.25) is 0 Å². The molecule has 0 radical (unpaired) electrons. The molecule has 0 aliphatic carbocycles. The van der Waals surface area contributed by atoms with Crippen LogP contribution in [0.3, 0.4) is 0 Å². The molecule has 0 saturated heterocycles. The second-order valence-corrected chi connectivity index (χ2v) is 0.575. The smallest absolute Gasteiger partial charge is 0.543 e. The normalized spacial score (nSPS) is 5.50. The molecule has 0 aliphatic heterocycles. The molecule has 6 heteroatoms. The van der Waals surface area contributed by atoms with Crippen molar-refractivity contribution in [2.45, 2.75) is 0 Å². The minimum absolute atomic E-state index is 0. The van der Waals surface area contributed by atoms with E-state index in [-0.39, 0.29) is 54.4 Å². The van der Waals surface area contributed by atoms with E-state index in [0.29, 0.717) is 0 Å². The van der Waals surface area contributed by atoms with E-state index in [4.69, 9.17) is 19.8 Å². The fourth-order valence-corrected chi connectivity index (χ4v) is 0. The van der Waals surface area contributed by atoms with Crippen LogP contribution in [0.2, 0.25) is 0 Å². The molecule has 0 rings (SSSR count). The fraction of sp³-hybridized carbons (Fsp3) is 0. The zero-order valence-corrected chi connectivity index (χ0v) is 8.28. The van der Waals surface area contributed by atoms with Crippen molar-refractivity contribution in [3.63, 3.8) is 0 Å². The molecule has 0 fully saturated rings. The van der Waals surface area contributed by atoms with Gasteiger partial charge < -0.3 is 25.3 Å². The van der Waals surface area contributed by atoms with Gasteiger partial charge in [0.25, 0.3) is 0 Å². The Balaban J connectivity index is -0.000000125. The number of hydrogen-bond donors (Lipinski definition) is 0. The molecule has 0 aliphatic rings. The quantitative estimate of drug-likeness (QED) is 0.314. The summed E-state index contributed by atoms with van der Waals surface area (Å²) in [5.41, 5.74) is 0. The predicted octanol–water partition coefficient (Wildman–Crippen LogP) is -4.72. The van der Waals surface area contributed by atoms with Crippen molar-refractivity contribution >= 4 is 60.8 Å². The van der Waals surface area contributed by atoms with Gasteiger partial charge in [0, 0.05) is 0 Å². The monoisotopic (exact) mass is 244 g/mol. The Morgan fingerprint density at radius 3 is 1.12 bits per heavy atom. The minimum atomic E-state index is -2.19. The average molecular weight is 243 g/mol. The Morgan fingerprint density at radius 2 is 1.12 bits per heavy atom. The maximum Gasteiger partial charge on any atom is 2.00 e. The van der Waals surface area contributed by atoms with Crippen LogP contribution in [0.15, 0.2) is 0 Å². The van der Waals surface area contributed by atoms with Gasteiger partial charge >= 0.3 is 48.9 Å². The maximum atomic E-state index is 8.93. The molecule has 0 bridgehead atoms. The van der Waals surface area contributed by atoms with Gasteiger partial charge in [-0.05, 0) is 0 Å². The molecule has 42 valence electrons. The first-order valence-electron chi connectivity index (χ1n) is 1.07. The number of hydrogen-bond acceptors (Lipinski definition) is 4. The number of rotatable bonds is 0. The first kappa shape index (κ1) is 15.8. The molecule has 8 heavy (non-hydrogen) atoms. The van der Waals surface area contributed by atoms with Gasteiger partial charge in [0.15, 0.2) is 0 Å². The first-order chi connectivity index (χ1) is 2.64. The molecule has 0 heterocycles. The molecular formula is C2H2BaO5. The number of carboxylic acids is 2. The zero-order valence-electron chi connectivity index (χ0n) is 3.84. The Hall–Kier alpha value is 0.471. The van der Waals surface area contributed by atoms with Gasteiger partial charge in [0.1, 0.15) is 0 Å². The Bertz CT molecular complexity index is 76.4. The van der Waals surface area contributed by atoms with Crippen LogP contribution in [-0.2, 0) is 9.59 Å². The van der Waals surface area contributed by atoms with Crippen LogP contribution in [0.1, 0.15) is 0 Å². The van der Waals surface area contributed by atoms with Crippen LogP contribution >= 0.6 is 0 Å². The largest absolute Gasteiger partial charge is 2.00 e. The van der Waals surface area contributed by atoms with Gasteiger partial charge in [-0.2, -0.15) is 0 Å². The van der Waals surface area contributed by atoms with E-state index < -0.39 is 11.9 Å². The van der Waals surface area contributed by atoms with Gasteiger partial charge in [-0.25, -0.2) is 0 Å². The van der Waals surface area contributed by atoms with Crippen LogP contribution in [0, 0.1) is 0 Å². The summed E-state index contributed by atoms with van der Waals surface area (Å²) in [5.74, 6) is -4.37. The molecule has 5 nitrogen and oxygen atoms in total. The fourth-order valence-electron chi connectivity index (χ4n) is 0. The van der Waals surface area contributed by atoms with E-state index in [2.05, 4.69) is 0 Å². The molecule has 2 N–H and O–H groups in total. The van der Waals surface area contributed by atoms with Crippen molar-refractivity contribution in [3.8, 4) is 0 Å². The van der Waals surface area contributed by atoms with E-state index in [0.717, 1.165) is 0 Å². The molecule has 0 aromatic carbocycles. The molecule has 0 aromatic heterocycles. The molecule has 0 spiro atoms. The molecule has 0 unspecified atom stereocenters. The van der Waals surface area contributed by atoms with E-state index in [9.17, 15) is 0 Å². The van der Waals surface area contributed by atoms with Gasteiger partial charge in [-0.3, -0.25) is 0 Å². The molecule has 0 aromatic rings. The minimum Gasteiger partial charge on any atom is -0.543 e. The van der Waals surface area contributed by atoms with Crippen molar-refractivity contribution in [1.29, 1.82) is 0 Å². The summed E-state index contributed by atoms with van der Waals surface area (Å²) in [6.07, 6.45) is 0. The Morgan fingerprint density at radius 1 is 1.00 bits per heavy atom. The molecular weight excluding hydrogens is 241 g/mol. The van der Waals surface area contributed by atoms with Crippen molar-refractivity contribution in [2.24, 2.45) is 0 Å². The van der Waals surface area contributed by atoms with E-state index in [1.54, 1.807) is 0 Å². The van der Waals surface area contributed by atoms with Crippen LogP contribution in [-0.4, -0.2) is 66.3 Å². The third-order valence-electron chi connectivity index (χ3n) is 0.167. The van der Waals surface area contributed by atoms with Crippen molar-refractivity contribution in [2.75, 3.05) is 0 Å². The SMILES string of the molecule is O.O=C([O-])C(=O)[O-].[Ba+2]. The van der Waals surface area contributed by atoms with Crippen molar-refractivity contribution in [1.82, 2.24) is 0 Å². The second kappa shape index (κ2) is 7.47. The van der Waals surface area contributed by atoms with Gasteiger partial charge in [0.05, 0.1) is 11.9 Å². The Labute approximate surface area is 85.1 Å². The van der Waals surface area contributed by atoms with Gasteiger partial charge in [-0.1, -0.05) is 0 Å². The summed E-state index contributed by atoms with van der Waals surface area (Å²) in [6.45, 7) is 0. The number of carbonyl (C=O) groups is 2. The van der Waals surface area contributed by atoms with E-state index >= 15 is 0 Å². The van der Waals surface area contributed by atoms with Crippen LogP contribution in [0.25, 0.3) is 0 Å². The third kappa shape index (κ3) is 9.69. The predicted molar refractivity (Wildman–Crippen MR) is 19.4 cm³/mol. The van der Waals surface area contributed by atoms with Crippen molar-refractivity contribution < 1.29 is 25.3 Å². The van der Waals surface area contributed by atoms with Crippen LogP contribution < -0.4 is 10.2 Å². The summed E-state index contributed by atoms with van der Waals surface area (Å²) in [4.78, 5) is 17.9. The summed E-state index contributed by atoms with van der Waals surface area (Å²) in [5, 5.41) is 17.9. The van der Waals surface area contributed by atoms with E-state index in [1.165, 1.54) is 0 Å². The van der Waals surface area contributed by atoms with Crippen molar-refractivity contribution in [3.05, 3.63) is 0 Å². The standard InChI is InChI=1S/C2H2O4.Ba.H2O/c3-1(4)2(5)6;;/h(H,3,4)(H,5,6);;1H2/q;+2;/p-2. The first-order valence-corrected chi connectivity index (χ1v) is 1.07. The number of carbonyl (C=O) groups excluding carboxylic acids is 2. The summed E-state index contributed by atoms with van der Waals surface area (Å²) >= 11 is 0. The number of aliphatic carboxylic acids is 2. The number of carboxylic acid groups (broad SMARTS) is 2. The molecule has 0 saturated carbocycles. The average Bonchev–Trinajstić information content (AvgIpc) is 1.36. The topological polar surface area (TPSA) is 112 Å². The maximum absolute atomic E-state index is 8.93. The Kier molecular flexibility index (Phi) is 14.8. The van der Waals surface area contributed by atoms with Crippen LogP contribution in [0.5, 0.6) is 0 Å². The van der Waals surface area contributed by atoms with Gasteiger partial charge in [-0.15, -0.1) is 0 Å². The molecule has 0 atom stereocenters. The summed E-state index contributed by atoms with van der Waals surface area (Å²) in [6, 6.07) is 0. The second-order valence-electron chi connectivity index (χ2n) is 0.575. The third-order valence-corrected chi connectivity index (χ3v) is 0.167. The zero-order chi connectivity index (χ0) is 5.15.